The number of hydrogen-bond donors (Lipinski definition) is 0. The van der Waals surface area contributed by atoms with E-state index in [0.29, 0.717) is 34.5 Å². The molecule has 2 fully saturated rings. The van der Waals surface area contributed by atoms with Crippen LogP contribution in [0, 0.1) is 91.7 Å². The fourth-order valence-electron chi connectivity index (χ4n) is 14.1. The summed E-state index contributed by atoms with van der Waals surface area (Å²) in [6, 6.07) is 0. The second kappa shape index (κ2) is 42.1. The molecule has 0 saturated heterocycles. The first-order valence-electron chi connectivity index (χ1n) is 36.5. The Bertz CT molecular complexity index is 1610. The summed E-state index contributed by atoms with van der Waals surface area (Å²) in [5, 5.41) is 0. The van der Waals surface area contributed by atoms with E-state index in [2.05, 4.69) is 166 Å². The molecule has 0 amide bonds. The first-order valence-corrected chi connectivity index (χ1v) is 36.5. The highest BCUT2D eigenvalue weighted by atomic mass is 19.4. The average molecular weight is 1320 g/mol. The van der Waals surface area contributed by atoms with E-state index >= 15 is 8.78 Å². The lowest BCUT2D eigenvalue weighted by molar-refractivity contribution is -0.248. The number of alkyl halides is 11. The summed E-state index contributed by atoms with van der Waals surface area (Å²) < 4.78 is 145. The minimum atomic E-state index is -4.10. The second-order valence-corrected chi connectivity index (χ2v) is 34.3. The van der Waals surface area contributed by atoms with E-state index in [1.165, 1.54) is 20.3 Å². The van der Waals surface area contributed by atoms with Gasteiger partial charge in [0.15, 0.2) is 0 Å². The standard InChI is InChI=1S/C16H33F.C14H29F.C12H25F.C9H17F3.C9H17F.C7H13F3.C7H13F.C5H12/c1-10(2)14(11(3)4)16(9,17)15(12(5)6)13(7)8;1-8-12(5,9-2)14(7,15)13(6,10-3)11-4;1-6-10(7-2)12(5,13)11(8-3)9-4;1-6(2)8(5,7(3)4)9(10,11)12;1-8(2)4-6-9(3,10)7-5-8;1-4-6(3,5-2)7(8,9)10;1-7(8)5-3-2-4-6-7;1-5(2,3)4/h10-15H,1-9H3;8-11H2,1-7H3;10-11H,6-9H2,1-5H3;6-7H,1-5H3;4-7H2,1-3H3;4-5H2,1-3H3;2-6H2,1H3;1-4H3. The summed E-state index contributed by atoms with van der Waals surface area (Å²) in [6.07, 6.45) is 8.21. The topological polar surface area (TPSA) is 0 Å². The SMILES string of the molecule is CC(C)(C)C.CC(C)C(C(C)C)C(C)(F)C(C(C)C)C(C)C.CC(C)C(C)(C(C)C)C(F)(F)F.CC1(C)CCC(C)(F)CC1.CC1(F)CCCCC1.CCC(C)(CC)C(C)(F)C(C)(CC)CC.CCC(C)(CC)C(F)(F)F.CCC(CC)C(C)(F)C(CC)CC. The summed E-state index contributed by atoms with van der Waals surface area (Å²) in [5.41, 5.74) is -7.37. The third-order valence-electron chi connectivity index (χ3n) is 22.9. The van der Waals surface area contributed by atoms with Gasteiger partial charge in [0.2, 0.25) is 0 Å². The molecule has 552 valence electrons. The maximum absolute atomic E-state index is 15.4. The number of halogens is 11. The molecule has 11 heteroatoms. The van der Waals surface area contributed by atoms with Crippen molar-refractivity contribution in [2.24, 2.45) is 91.7 Å². The quantitative estimate of drug-likeness (QED) is 0.0948. The van der Waals surface area contributed by atoms with Crippen LogP contribution < -0.4 is 0 Å². The third-order valence-corrected chi connectivity index (χ3v) is 22.9. The van der Waals surface area contributed by atoms with Crippen molar-refractivity contribution in [3.05, 3.63) is 0 Å². The maximum atomic E-state index is 15.4. The molecule has 2 aliphatic rings. The van der Waals surface area contributed by atoms with Gasteiger partial charge in [-0.2, -0.15) is 26.3 Å². The van der Waals surface area contributed by atoms with Crippen LogP contribution in [0.1, 0.15) is 378 Å². The van der Waals surface area contributed by atoms with E-state index in [1.807, 2.05) is 13.8 Å². The van der Waals surface area contributed by atoms with Crippen molar-refractivity contribution in [1.29, 1.82) is 0 Å². The zero-order valence-corrected chi connectivity index (χ0v) is 66.9. The van der Waals surface area contributed by atoms with Crippen LogP contribution >= 0.6 is 0 Å². The van der Waals surface area contributed by atoms with Gasteiger partial charge < -0.3 is 0 Å². The Balaban J connectivity index is -0.000000228. The summed E-state index contributed by atoms with van der Waals surface area (Å²) in [6.45, 7) is 72.4. The zero-order chi connectivity index (χ0) is 73.7. The van der Waals surface area contributed by atoms with Crippen molar-refractivity contribution in [3.63, 3.8) is 0 Å². The molecule has 0 nitrogen and oxygen atoms in total. The second-order valence-electron chi connectivity index (χ2n) is 34.3. The highest BCUT2D eigenvalue weighted by molar-refractivity contribution is 5.02. The molecular formula is C79H159F11. The summed E-state index contributed by atoms with van der Waals surface area (Å²) >= 11 is 0. The van der Waals surface area contributed by atoms with Gasteiger partial charge in [-0.25, -0.2) is 22.0 Å². The predicted octanol–water partition coefficient (Wildman–Crippen LogP) is 30.8. The van der Waals surface area contributed by atoms with E-state index in [-0.39, 0.29) is 59.2 Å². The van der Waals surface area contributed by atoms with Crippen LogP contribution in [-0.2, 0) is 0 Å². The van der Waals surface area contributed by atoms with Crippen molar-refractivity contribution < 1.29 is 48.3 Å². The largest absolute Gasteiger partial charge is 0.394 e. The molecule has 0 aromatic carbocycles. The van der Waals surface area contributed by atoms with Crippen LogP contribution in [-0.4, -0.2) is 40.7 Å². The molecule has 2 aliphatic carbocycles. The Morgan fingerprint density at radius 2 is 0.556 bits per heavy atom. The fourth-order valence-corrected chi connectivity index (χ4v) is 14.1. The monoisotopic (exact) mass is 1320 g/mol. The Morgan fingerprint density at radius 1 is 0.322 bits per heavy atom. The molecule has 90 heavy (non-hydrogen) atoms. The van der Waals surface area contributed by atoms with Gasteiger partial charge in [-0.1, -0.05) is 267 Å². The number of hydrogen-bond acceptors (Lipinski definition) is 0. The maximum Gasteiger partial charge on any atom is 0.394 e. The first kappa shape index (κ1) is 100. The highest BCUT2D eigenvalue weighted by Gasteiger charge is 2.55. The molecule has 2 rings (SSSR count). The minimum Gasteiger partial charge on any atom is -0.244 e. The Hall–Kier alpha value is -0.770. The van der Waals surface area contributed by atoms with Crippen LogP contribution in [0.5, 0.6) is 0 Å². The Kier molecular flexibility index (Phi) is 46.9. The van der Waals surface area contributed by atoms with E-state index in [4.69, 9.17) is 0 Å². The van der Waals surface area contributed by atoms with Gasteiger partial charge in [-0.15, -0.1) is 0 Å². The van der Waals surface area contributed by atoms with Crippen molar-refractivity contribution in [3.8, 4) is 0 Å². The van der Waals surface area contributed by atoms with E-state index in [1.54, 1.807) is 62.3 Å². The van der Waals surface area contributed by atoms with Gasteiger partial charge in [0.05, 0.1) is 10.8 Å². The molecule has 0 aliphatic heterocycles. The molecule has 0 aromatic heterocycles. The third kappa shape index (κ3) is 34.4. The van der Waals surface area contributed by atoms with Crippen LogP contribution in [0.2, 0.25) is 0 Å². The normalized spacial score (nSPS) is 16.9. The van der Waals surface area contributed by atoms with Crippen molar-refractivity contribution in [2.75, 3.05) is 0 Å². The lowest BCUT2D eigenvalue weighted by Crippen LogP contribution is -2.51. The van der Waals surface area contributed by atoms with Gasteiger partial charge in [-0.05, 0) is 182 Å². The van der Waals surface area contributed by atoms with Gasteiger partial charge in [0.25, 0.3) is 0 Å². The van der Waals surface area contributed by atoms with Crippen LogP contribution in [0.25, 0.3) is 0 Å². The van der Waals surface area contributed by atoms with Gasteiger partial charge >= 0.3 is 12.4 Å². The fraction of sp³-hybridized carbons (Fsp3) is 1.00. The van der Waals surface area contributed by atoms with Crippen molar-refractivity contribution in [2.45, 2.75) is 419 Å². The molecular weight excluding hydrogens is 1160 g/mol. The molecule has 0 spiro atoms. The van der Waals surface area contributed by atoms with Crippen molar-refractivity contribution >= 4 is 0 Å². The zero-order valence-electron chi connectivity index (χ0n) is 66.9. The molecule has 2 saturated carbocycles. The molecule has 0 radical (unpaired) electrons. The van der Waals surface area contributed by atoms with Crippen molar-refractivity contribution in [1.82, 2.24) is 0 Å². The van der Waals surface area contributed by atoms with E-state index in [0.717, 1.165) is 103 Å². The Morgan fingerprint density at radius 3 is 0.678 bits per heavy atom. The molecule has 0 N–H and O–H groups in total. The van der Waals surface area contributed by atoms with Gasteiger partial charge in [-0.3, -0.25) is 0 Å². The van der Waals surface area contributed by atoms with E-state index < -0.39 is 51.5 Å². The average Bonchev–Trinajstić information content (AvgIpc) is 0.798. The predicted molar refractivity (Wildman–Crippen MR) is 378 cm³/mol. The lowest BCUT2D eigenvalue weighted by atomic mass is 9.57. The summed E-state index contributed by atoms with van der Waals surface area (Å²) in [5.74, 6) is 1.56. The van der Waals surface area contributed by atoms with Crippen LogP contribution in [0.15, 0.2) is 0 Å². The summed E-state index contributed by atoms with van der Waals surface area (Å²) in [4.78, 5) is 0. The highest BCUT2D eigenvalue weighted by Crippen LogP contribution is 2.55. The first-order chi connectivity index (χ1) is 39.9. The summed E-state index contributed by atoms with van der Waals surface area (Å²) in [7, 11) is 0. The molecule has 0 bridgehead atoms. The number of rotatable bonds is 22. The smallest absolute Gasteiger partial charge is 0.244 e. The minimum absolute atomic E-state index is 0.136. The molecule has 0 heterocycles. The van der Waals surface area contributed by atoms with E-state index in [9.17, 15) is 39.5 Å². The van der Waals surface area contributed by atoms with Gasteiger partial charge in [0, 0.05) is 10.8 Å². The Labute approximate surface area is 556 Å². The van der Waals surface area contributed by atoms with Crippen LogP contribution in [0.4, 0.5) is 48.3 Å². The molecule has 0 unspecified atom stereocenters. The van der Waals surface area contributed by atoms with Gasteiger partial charge in [0.1, 0.15) is 28.3 Å². The molecule has 0 atom stereocenters. The van der Waals surface area contributed by atoms with Crippen LogP contribution in [0.3, 0.4) is 0 Å². The molecule has 0 aromatic rings. The lowest BCUT2D eigenvalue weighted by Gasteiger charge is -2.51.